The highest BCUT2D eigenvalue weighted by Gasteiger charge is 2.48. The molecule has 0 aliphatic carbocycles. The Hall–Kier alpha value is -3.25. The van der Waals surface area contributed by atoms with Crippen LogP contribution >= 0.6 is 0 Å². The van der Waals surface area contributed by atoms with E-state index in [1.807, 2.05) is 0 Å². The van der Waals surface area contributed by atoms with Crippen molar-refractivity contribution in [2.75, 3.05) is 13.2 Å². The van der Waals surface area contributed by atoms with E-state index < -0.39 is 73.7 Å². The molecule has 12 heteroatoms. The molecule has 0 bridgehead atoms. The van der Waals surface area contributed by atoms with Crippen molar-refractivity contribution >= 4 is 29.8 Å². The first-order chi connectivity index (χ1) is 20.0. The maximum atomic E-state index is 12.5. The van der Waals surface area contributed by atoms with Crippen LogP contribution in [0.4, 0.5) is 0 Å². The van der Waals surface area contributed by atoms with Crippen LogP contribution in [0.5, 0.6) is 0 Å². The summed E-state index contributed by atoms with van der Waals surface area (Å²) in [5.74, 6) is -6.96. The van der Waals surface area contributed by atoms with E-state index in [2.05, 4.69) is 36.0 Å². The Balaban J connectivity index is 4.49. The van der Waals surface area contributed by atoms with Gasteiger partial charge in [-0.3, -0.25) is 14.4 Å². The fourth-order valence-electron chi connectivity index (χ4n) is 3.76. The smallest absolute Gasteiger partial charge is 0.349 e. The Bertz CT molecular complexity index is 882. The summed E-state index contributed by atoms with van der Waals surface area (Å²) >= 11 is 0. The molecule has 0 aromatic rings. The number of rotatable bonds is 25. The van der Waals surface area contributed by atoms with Gasteiger partial charge in [0.25, 0.3) is 0 Å². The largest absolute Gasteiger partial charge is 0.481 e. The van der Waals surface area contributed by atoms with Crippen molar-refractivity contribution < 1.29 is 58.6 Å². The fourth-order valence-corrected chi connectivity index (χ4v) is 3.76. The number of allylic oxidation sites excluding steroid dienone is 4. The normalized spacial score (nSPS) is 14.3. The van der Waals surface area contributed by atoms with E-state index in [0.717, 1.165) is 51.9 Å². The van der Waals surface area contributed by atoms with Crippen molar-refractivity contribution in [3.8, 4) is 0 Å². The first kappa shape index (κ1) is 38.8. The zero-order valence-electron chi connectivity index (χ0n) is 24.8. The molecule has 0 fully saturated rings. The second-order valence-corrected chi connectivity index (χ2v) is 10.1. The average Bonchev–Trinajstić information content (AvgIpc) is 2.93. The van der Waals surface area contributed by atoms with Gasteiger partial charge in [0.2, 0.25) is 5.60 Å². The van der Waals surface area contributed by atoms with Crippen LogP contribution in [-0.2, 0) is 38.2 Å². The minimum atomic E-state index is -2.84. The van der Waals surface area contributed by atoms with Crippen molar-refractivity contribution in [2.45, 2.75) is 122 Å². The van der Waals surface area contributed by atoms with Gasteiger partial charge in [-0.15, -0.1) is 0 Å². The van der Waals surface area contributed by atoms with Gasteiger partial charge in [-0.1, -0.05) is 63.3 Å². The molecule has 3 unspecified atom stereocenters. The lowest BCUT2D eigenvalue weighted by Gasteiger charge is -2.28. The van der Waals surface area contributed by atoms with Gasteiger partial charge in [0.05, 0.1) is 19.4 Å². The van der Waals surface area contributed by atoms with Crippen molar-refractivity contribution in [3.05, 3.63) is 24.3 Å². The first-order valence-corrected chi connectivity index (χ1v) is 14.6. The second-order valence-electron chi connectivity index (χ2n) is 10.1. The van der Waals surface area contributed by atoms with Crippen molar-refractivity contribution in [2.24, 2.45) is 0 Å². The van der Waals surface area contributed by atoms with E-state index in [9.17, 15) is 34.2 Å². The Morgan fingerprint density at radius 3 is 1.98 bits per heavy atom. The predicted molar refractivity (Wildman–Crippen MR) is 152 cm³/mol. The van der Waals surface area contributed by atoms with Gasteiger partial charge in [0.15, 0.2) is 6.10 Å². The molecule has 0 aromatic heterocycles. The maximum absolute atomic E-state index is 12.5. The number of hydrogen-bond acceptors (Lipinski definition) is 10. The monoisotopic (exact) mass is 600 g/mol. The van der Waals surface area contributed by atoms with Gasteiger partial charge in [-0.25, -0.2) is 9.59 Å². The zero-order chi connectivity index (χ0) is 31.8. The number of hydrogen-bond donors (Lipinski definition) is 4. The molecule has 0 radical (unpaired) electrons. The SMILES string of the molecule is CCCCC/C=C\C/C=C\CCCCCCCC(=O)OC(C)C(=O)OC(CC(=O)O)(CC(=O)OCC(O)CO)C(=O)O. The summed E-state index contributed by atoms with van der Waals surface area (Å²) in [5, 5.41) is 36.8. The molecule has 0 rings (SSSR count). The van der Waals surface area contributed by atoms with Gasteiger partial charge < -0.3 is 34.6 Å². The quantitative estimate of drug-likeness (QED) is 0.0512. The van der Waals surface area contributed by atoms with Gasteiger partial charge >= 0.3 is 29.8 Å². The predicted octanol–water partition coefficient (Wildman–Crippen LogP) is 3.86. The van der Waals surface area contributed by atoms with Crippen LogP contribution in [0.1, 0.15) is 104 Å². The topological polar surface area (TPSA) is 194 Å². The molecule has 0 aliphatic rings. The number of carboxylic acid groups (broad SMARTS) is 2. The van der Waals surface area contributed by atoms with Crippen molar-refractivity contribution in [1.82, 2.24) is 0 Å². The lowest BCUT2D eigenvalue weighted by molar-refractivity contribution is -0.194. The molecule has 4 N–H and O–H groups in total. The van der Waals surface area contributed by atoms with Gasteiger partial charge in [0.1, 0.15) is 12.7 Å². The van der Waals surface area contributed by atoms with Crippen LogP contribution in [0.3, 0.4) is 0 Å². The number of aliphatic hydroxyl groups excluding tert-OH is 2. The van der Waals surface area contributed by atoms with E-state index in [4.69, 9.17) is 19.7 Å². The third-order valence-electron chi connectivity index (χ3n) is 6.17. The number of aliphatic hydroxyl groups is 2. The summed E-state index contributed by atoms with van der Waals surface area (Å²) in [4.78, 5) is 59.9. The standard InChI is InChI=1S/C30H48O12/c1-3-4-5-6-7-8-9-10-11-12-13-14-15-16-17-18-26(35)41-23(2)28(37)42-30(29(38)39,19-25(33)34)20-27(36)40-22-24(32)21-31/h7-8,10-11,23-24,31-32H,3-6,9,12-22H2,1-2H3,(H,33,34)(H,38,39)/b8-7-,11-10-. The number of carbonyl (C=O) groups is 5. The zero-order valence-corrected chi connectivity index (χ0v) is 24.8. The van der Waals surface area contributed by atoms with E-state index in [1.165, 1.54) is 19.3 Å². The second kappa shape index (κ2) is 23.3. The molecule has 3 atom stereocenters. The van der Waals surface area contributed by atoms with E-state index >= 15 is 0 Å². The molecule has 12 nitrogen and oxygen atoms in total. The van der Waals surface area contributed by atoms with E-state index in [0.29, 0.717) is 6.42 Å². The van der Waals surface area contributed by atoms with Crippen LogP contribution in [0.25, 0.3) is 0 Å². The van der Waals surface area contributed by atoms with Crippen LogP contribution in [-0.4, -0.2) is 81.3 Å². The van der Waals surface area contributed by atoms with Gasteiger partial charge in [-0.2, -0.15) is 0 Å². The molecular formula is C30H48O12. The highest BCUT2D eigenvalue weighted by molar-refractivity contribution is 5.92. The lowest BCUT2D eigenvalue weighted by Crippen LogP contribution is -2.49. The number of carboxylic acids is 2. The third-order valence-corrected chi connectivity index (χ3v) is 6.17. The molecular weight excluding hydrogens is 552 g/mol. The van der Waals surface area contributed by atoms with E-state index in [-0.39, 0.29) is 6.42 Å². The number of unbranched alkanes of at least 4 members (excludes halogenated alkanes) is 8. The summed E-state index contributed by atoms with van der Waals surface area (Å²) in [7, 11) is 0. The molecule has 0 aliphatic heterocycles. The van der Waals surface area contributed by atoms with Crippen LogP contribution in [0, 0.1) is 0 Å². The molecule has 0 saturated heterocycles. The van der Waals surface area contributed by atoms with Crippen molar-refractivity contribution in [3.63, 3.8) is 0 Å². The maximum Gasteiger partial charge on any atom is 0.349 e. The fraction of sp³-hybridized carbons (Fsp3) is 0.700. The third kappa shape index (κ3) is 19.0. The average molecular weight is 601 g/mol. The summed E-state index contributed by atoms with van der Waals surface area (Å²) in [6.45, 7) is 1.91. The Labute approximate surface area is 247 Å². The molecule has 240 valence electrons. The molecule has 0 amide bonds. The number of aliphatic carboxylic acids is 2. The number of ether oxygens (including phenoxy) is 3. The molecule has 42 heavy (non-hydrogen) atoms. The lowest BCUT2D eigenvalue weighted by atomic mass is 9.95. The number of carbonyl (C=O) groups excluding carboxylic acids is 3. The van der Waals surface area contributed by atoms with Gasteiger partial charge in [-0.05, 0) is 45.4 Å². The van der Waals surface area contributed by atoms with E-state index in [1.54, 1.807) is 0 Å². The van der Waals surface area contributed by atoms with Crippen LogP contribution < -0.4 is 0 Å². The summed E-state index contributed by atoms with van der Waals surface area (Å²) < 4.78 is 14.5. The first-order valence-electron chi connectivity index (χ1n) is 14.6. The summed E-state index contributed by atoms with van der Waals surface area (Å²) in [5.41, 5.74) is -2.84. The minimum absolute atomic E-state index is 0.0286. The molecule has 0 spiro atoms. The van der Waals surface area contributed by atoms with Crippen LogP contribution in [0.2, 0.25) is 0 Å². The molecule has 0 heterocycles. The summed E-state index contributed by atoms with van der Waals surface area (Å²) in [6, 6.07) is 0. The Morgan fingerprint density at radius 2 is 1.40 bits per heavy atom. The highest BCUT2D eigenvalue weighted by Crippen LogP contribution is 2.24. The summed E-state index contributed by atoms with van der Waals surface area (Å²) in [6.07, 6.45) is 14.4. The molecule has 0 saturated carbocycles. The Kier molecular flexibility index (Phi) is 21.5. The highest BCUT2D eigenvalue weighted by atomic mass is 16.6. The minimum Gasteiger partial charge on any atom is -0.481 e. The number of esters is 3. The molecule has 0 aromatic carbocycles. The Morgan fingerprint density at radius 1 is 0.810 bits per heavy atom. The van der Waals surface area contributed by atoms with Crippen LogP contribution in [0.15, 0.2) is 24.3 Å². The van der Waals surface area contributed by atoms with Gasteiger partial charge in [0, 0.05) is 6.42 Å². The van der Waals surface area contributed by atoms with Crippen molar-refractivity contribution in [1.29, 1.82) is 0 Å².